The Morgan fingerprint density at radius 3 is 3.00 bits per heavy atom. The van der Waals surface area contributed by atoms with E-state index in [1.54, 1.807) is 34.5 Å². The monoisotopic (exact) mass is 327 g/mol. The van der Waals surface area contributed by atoms with E-state index < -0.39 is 0 Å². The largest absolute Gasteiger partial charge is 0.352 e. The zero-order chi connectivity index (χ0) is 15.5. The van der Waals surface area contributed by atoms with Gasteiger partial charge in [-0.05, 0) is 16.5 Å². The van der Waals surface area contributed by atoms with Gasteiger partial charge in [0.05, 0.1) is 18.7 Å². The van der Waals surface area contributed by atoms with Crippen molar-refractivity contribution in [2.75, 3.05) is 11.9 Å². The summed E-state index contributed by atoms with van der Waals surface area (Å²) < 4.78 is 3.77. The Bertz CT molecular complexity index is 866. The highest BCUT2D eigenvalue weighted by Gasteiger charge is 2.10. The summed E-state index contributed by atoms with van der Waals surface area (Å²) in [6.07, 6.45) is 7.98. The molecule has 10 heteroatoms. The highest BCUT2D eigenvalue weighted by molar-refractivity contribution is 7.15. The molecule has 4 rings (SSSR count). The fraction of sp³-hybridized carbons (Fsp3) is 0.231. The highest BCUT2D eigenvalue weighted by Crippen LogP contribution is 2.13. The lowest BCUT2D eigenvalue weighted by Crippen LogP contribution is -2.15. The molecule has 23 heavy (non-hydrogen) atoms. The van der Waals surface area contributed by atoms with Gasteiger partial charge in [0.2, 0.25) is 5.95 Å². The van der Waals surface area contributed by atoms with E-state index in [1.807, 2.05) is 22.2 Å². The van der Waals surface area contributed by atoms with Crippen molar-refractivity contribution in [2.45, 2.75) is 13.0 Å². The summed E-state index contributed by atoms with van der Waals surface area (Å²) in [4.78, 5) is 13.8. The van der Waals surface area contributed by atoms with Crippen LogP contribution in [0.15, 0.2) is 36.2 Å². The summed E-state index contributed by atoms with van der Waals surface area (Å²) in [6.45, 7) is 1.27. The summed E-state index contributed by atoms with van der Waals surface area (Å²) in [5, 5.41) is 17.0. The number of rotatable bonds is 6. The molecular weight excluding hydrogens is 314 g/mol. The third kappa shape index (κ3) is 3.01. The first kappa shape index (κ1) is 13.8. The Balaban J connectivity index is 1.40. The van der Waals surface area contributed by atoms with Crippen molar-refractivity contribution in [3.8, 4) is 0 Å². The van der Waals surface area contributed by atoms with E-state index in [0.717, 1.165) is 16.5 Å². The van der Waals surface area contributed by atoms with Crippen LogP contribution in [-0.4, -0.2) is 46.1 Å². The second-order valence-electron chi connectivity index (χ2n) is 4.82. The first-order valence-corrected chi connectivity index (χ1v) is 7.93. The number of nitrogens with one attached hydrogen (secondary N) is 1. The predicted octanol–water partition coefficient (Wildman–Crippen LogP) is 0.875. The summed E-state index contributed by atoms with van der Waals surface area (Å²) in [6, 6.07) is 1.78. The number of thiazole rings is 1. The van der Waals surface area contributed by atoms with E-state index in [-0.39, 0.29) is 0 Å². The lowest BCUT2D eigenvalue weighted by atomic mass is 10.3. The Hall–Kier alpha value is -2.88. The maximum absolute atomic E-state index is 4.55. The molecule has 9 nitrogen and oxygen atoms in total. The molecule has 0 bridgehead atoms. The number of imidazole rings is 1. The molecule has 0 aliphatic rings. The van der Waals surface area contributed by atoms with Crippen LogP contribution < -0.4 is 5.32 Å². The van der Waals surface area contributed by atoms with Crippen LogP contribution in [0.2, 0.25) is 0 Å². The lowest BCUT2D eigenvalue weighted by Gasteiger charge is -2.05. The van der Waals surface area contributed by atoms with Crippen molar-refractivity contribution < 1.29 is 0 Å². The molecular formula is C13H13N9S. The molecule has 4 aromatic rings. The van der Waals surface area contributed by atoms with E-state index in [1.165, 1.54) is 0 Å². The third-order valence-corrected chi connectivity index (χ3v) is 4.03. The average molecular weight is 327 g/mol. The van der Waals surface area contributed by atoms with Crippen LogP contribution in [0.3, 0.4) is 0 Å². The number of tetrazole rings is 1. The molecule has 0 fully saturated rings. The molecule has 0 saturated heterocycles. The molecule has 0 radical (unpaired) electrons. The molecule has 0 spiro atoms. The van der Waals surface area contributed by atoms with Gasteiger partial charge in [-0.15, -0.1) is 16.4 Å². The van der Waals surface area contributed by atoms with Gasteiger partial charge in [0.1, 0.15) is 0 Å². The minimum Gasteiger partial charge on any atom is -0.352 e. The SMILES string of the molecule is c1cnc(NCCn2nnnc2Cc2cn3ccsc3n2)nc1. The normalized spacial score (nSPS) is 11.1. The molecule has 0 saturated carbocycles. The fourth-order valence-electron chi connectivity index (χ4n) is 2.21. The van der Waals surface area contributed by atoms with Gasteiger partial charge in [-0.3, -0.25) is 4.40 Å². The molecule has 116 valence electrons. The van der Waals surface area contributed by atoms with Crippen molar-refractivity contribution in [2.24, 2.45) is 0 Å². The first-order valence-electron chi connectivity index (χ1n) is 7.05. The fourth-order valence-corrected chi connectivity index (χ4v) is 2.93. The van der Waals surface area contributed by atoms with E-state index in [2.05, 4.69) is 35.8 Å². The molecule has 0 aromatic carbocycles. The van der Waals surface area contributed by atoms with Crippen LogP contribution >= 0.6 is 11.3 Å². The second-order valence-corrected chi connectivity index (χ2v) is 5.69. The van der Waals surface area contributed by atoms with Gasteiger partial charge < -0.3 is 5.32 Å². The van der Waals surface area contributed by atoms with Crippen LogP contribution in [0.4, 0.5) is 5.95 Å². The molecule has 0 aliphatic carbocycles. The van der Waals surface area contributed by atoms with Crippen molar-refractivity contribution in [1.29, 1.82) is 0 Å². The summed E-state index contributed by atoms with van der Waals surface area (Å²) in [5.74, 6) is 1.38. The van der Waals surface area contributed by atoms with E-state index in [9.17, 15) is 0 Å². The Labute approximate surface area is 135 Å². The first-order chi connectivity index (χ1) is 11.4. The summed E-state index contributed by atoms with van der Waals surface area (Å²) >= 11 is 1.61. The van der Waals surface area contributed by atoms with Gasteiger partial charge in [0.15, 0.2) is 10.8 Å². The lowest BCUT2D eigenvalue weighted by molar-refractivity contribution is 0.585. The smallest absolute Gasteiger partial charge is 0.222 e. The minimum atomic E-state index is 0.594. The van der Waals surface area contributed by atoms with Gasteiger partial charge in [-0.25, -0.2) is 19.6 Å². The topological polar surface area (TPSA) is 98.7 Å². The number of fused-ring (bicyclic) bond motifs is 1. The Morgan fingerprint density at radius 2 is 2.13 bits per heavy atom. The van der Waals surface area contributed by atoms with Gasteiger partial charge in [-0.2, -0.15) is 0 Å². The standard InChI is InChI=1S/C13H13N9S/c1-2-14-12(15-3-1)16-4-5-22-11(18-19-20-22)8-10-9-21-6-7-23-13(21)17-10/h1-3,6-7,9H,4-5,8H2,(H,14,15,16). The zero-order valence-corrected chi connectivity index (χ0v) is 12.9. The van der Waals surface area contributed by atoms with E-state index in [4.69, 9.17) is 0 Å². The van der Waals surface area contributed by atoms with Crippen LogP contribution in [0.5, 0.6) is 0 Å². The van der Waals surface area contributed by atoms with Crippen molar-refractivity contribution >= 4 is 22.2 Å². The summed E-state index contributed by atoms with van der Waals surface area (Å²) in [5.41, 5.74) is 0.951. The van der Waals surface area contributed by atoms with Crippen LogP contribution in [0, 0.1) is 0 Å². The maximum atomic E-state index is 4.55. The Kier molecular flexibility index (Phi) is 3.64. The van der Waals surface area contributed by atoms with Gasteiger partial charge in [0.25, 0.3) is 0 Å². The third-order valence-electron chi connectivity index (χ3n) is 3.26. The van der Waals surface area contributed by atoms with Gasteiger partial charge >= 0.3 is 0 Å². The van der Waals surface area contributed by atoms with Crippen molar-refractivity contribution in [3.63, 3.8) is 0 Å². The van der Waals surface area contributed by atoms with Crippen molar-refractivity contribution in [1.82, 2.24) is 39.6 Å². The van der Waals surface area contributed by atoms with Crippen LogP contribution in [0.1, 0.15) is 11.5 Å². The number of aromatic nitrogens is 8. The number of nitrogens with zero attached hydrogens (tertiary/aromatic N) is 8. The summed E-state index contributed by atoms with van der Waals surface area (Å²) in [7, 11) is 0. The zero-order valence-electron chi connectivity index (χ0n) is 12.1. The average Bonchev–Trinajstić information content (AvgIpc) is 3.26. The van der Waals surface area contributed by atoms with E-state index >= 15 is 0 Å². The number of hydrogen-bond acceptors (Lipinski definition) is 8. The quantitative estimate of drug-likeness (QED) is 0.561. The minimum absolute atomic E-state index is 0.594. The van der Waals surface area contributed by atoms with Crippen molar-refractivity contribution in [3.05, 3.63) is 47.8 Å². The molecule has 4 aromatic heterocycles. The Morgan fingerprint density at radius 1 is 1.22 bits per heavy atom. The highest BCUT2D eigenvalue weighted by atomic mass is 32.1. The number of anilines is 1. The molecule has 1 N–H and O–H groups in total. The van der Waals surface area contributed by atoms with Gasteiger partial charge in [-0.1, -0.05) is 0 Å². The molecule has 0 atom stereocenters. The number of hydrogen-bond donors (Lipinski definition) is 1. The van der Waals surface area contributed by atoms with Crippen LogP contribution in [-0.2, 0) is 13.0 Å². The van der Waals surface area contributed by atoms with Gasteiger partial charge in [0, 0.05) is 36.7 Å². The van der Waals surface area contributed by atoms with Crippen LogP contribution in [0.25, 0.3) is 4.96 Å². The molecule has 0 unspecified atom stereocenters. The second kappa shape index (κ2) is 6.08. The molecule has 0 amide bonds. The molecule has 0 aliphatic heterocycles. The molecule has 4 heterocycles. The predicted molar refractivity (Wildman–Crippen MR) is 84.2 cm³/mol. The van der Waals surface area contributed by atoms with E-state index in [0.29, 0.717) is 25.5 Å². The maximum Gasteiger partial charge on any atom is 0.222 e.